The highest BCUT2D eigenvalue weighted by molar-refractivity contribution is 14.0. The highest BCUT2D eigenvalue weighted by Gasteiger charge is 2.15. The maximum absolute atomic E-state index is 9.52. The van der Waals surface area contributed by atoms with Crippen LogP contribution in [-0.2, 0) is 13.6 Å². The van der Waals surface area contributed by atoms with Gasteiger partial charge in [-0.3, -0.25) is 4.68 Å². The number of guanidine groups is 1. The Morgan fingerprint density at radius 3 is 2.75 bits per heavy atom. The molecule has 0 aromatic carbocycles. The summed E-state index contributed by atoms with van der Waals surface area (Å²) in [6.45, 7) is 7.53. The van der Waals surface area contributed by atoms with Gasteiger partial charge in [0, 0.05) is 39.4 Å². The van der Waals surface area contributed by atoms with Crippen molar-refractivity contribution in [1.82, 2.24) is 25.3 Å². The van der Waals surface area contributed by atoms with E-state index in [9.17, 15) is 5.11 Å². The van der Waals surface area contributed by atoms with Crippen molar-refractivity contribution >= 4 is 29.9 Å². The second-order valence-corrected chi connectivity index (χ2v) is 5.99. The lowest BCUT2D eigenvalue weighted by atomic mass is 10.1. The van der Waals surface area contributed by atoms with E-state index in [2.05, 4.69) is 32.5 Å². The summed E-state index contributed by atoms with van der Waals surface area (Å²) >= 11 is 0. The molecule has 1 saturated heterocycles. The molecule has 0 unspecified atom stereocenters. The fourth-order valence-electron chi connectivity index (χ4n) is 2.71. The van der Waals surface area contributed by atoms with Gasteiger partial charge in [-0.15, -0.1) is 24.0 Å². The molecule has 0 bridgehead atoms. The maximum atomic E-state index is 9.52. The van der Waals surface area contributed by atoms with Gasteiger partial charge in [0.05, 0.1) is 18.3 Å². The summed E-state index contributed by atoms with van der Waals surface area (Å²) in [6, 6.07) is 1.98. The van der Waals surface area contributed by atoms with Crippen LogP contribution in [0, 0.1) is 0 Å². The molecule has 0 aliphatic carbocycles. The minimum Gasteiger partial charge on any atom is -0.393 e. The minimum absolute atomic E-state index is 0. The average molecular weight is 450 g/mol. The monoisotopic (exact) mass is 450 g/mol. The summed E-state index contributed by atoms with van der Waals surface area (Å²) < 4.78 is 1.85. The molecule has 0 spiro atoms. The molecule has 0 saturated carbocycles. The highest BCUT2D eigenvalue weighted by Crippen LogP contribution is 2.09. The zero-order chi connectivity index (χ0) is 16.5. The lowest BCUT2D eigenvalue weighted by Crippen LogP contribution is -2.40. The van der Waals surface area contributed by atoms with Crippen LogP contribution in [0.1, 0.15) is 31.9 Å². The Hall–Kier alpha value is -0.870. The molecule has 1 aromatic heterocycles. The zero-order valence-electron chi connectivity index (χ0n) is 14.7. The number of nitrogens with zero attached hydrogens (tertiary/aromatic N) is 4. The van der Waals surface area contributed by atoms with Crippen LogP contribution in [0.2, 0.25) is 0 Å². The van der Waals surface area contributed by atoms with Crippen LogP contribution in [0.4, 0.5) is 0 Å². The van der Waals surface area contributed by atoms with Crippen molar-refractivity contribution in [1.29, 1.82) is 0 Å². The molecule has 1 aromatic rings. The highest BCUT2D eigenvalue weighted by atomic mass is 127. The molecule has 0 amide bonds. The van der Waals surface area contributed by atoms with E-state index < -0.39 is 0 Å². The standard InChI is InChI=1S/C16H30N6O.HI/c1-3-17-16(19-13-14-5-9-20-21(14)2)18-8-4-10-22-11-6-15(23)7-12-22;/h5,9,15,23H,3-4,6-8,10-13H2,1-2H3,(H2,17,18,19);1H. The van der Waals surface area contributed by atoms with Crippen LogP contribution < -0.4 is 10.6 Å². The normalized spacial score (nSPS) is 16.7. The second-order valence-electron chi connectivity index (χ2n) is 5.99. The number of aliphatic imine (C=N–C) groups is 1. The topological polar surface area (TPSA) is 77.7 Å². The van der Waals surface area contributed by atoms with Crippen molar-refractivity contribution in [2.45, 2.75) is 38.8 Å². The van der Waals surface area contributed by atoms with Crippen LogP contribution in [-0.4, -0.2) is 64.6 Å². The number of nitrogens with one attached hydrogen (secondary N) is 2. The molecule has 138 valence electrons. The summed E-state index contributed by atoms with van der Waals surface area (Å²) in [6.07, 6.45) is 4.58. The van der Waals surface area contributed by atoms with Gasteiger partial charge in [0.1, 0.15) is 0 Å². The number of aromatic nitrogens is 2. The Kier molecular flexibility index (Phi) is 10.3. The quantitative estimate of drug-likeness (QED) is 0.250. The van der Waals surface area contributed by atoms with Gasteiger partial charge < -0.3 is 20.6 Å². The number of aryl methyl sites for hydroxylation is 1. The molecule has 7 nitrogen and oxygen atoms in total. The first-order valence-corrected chi connectivity index (χ1v) is 8.58. The lowest BCUT2D eigenvalue weighted by Gasteiger charge is -2.29. The smallest absolute Gasteiger partial charge is 0.191 e. The molecular formula is C16H31IN6O. The minimum atomic E-state index is -0.0936. The van der Waals surface area contributed by atoms with Gasteiger partial charge >= 0.3 is 0 Å². The summed E-state index contributed by atoms with van der Waals surface area (Å²) in [5.74, 6) is 0.850. The van der Waals surface area contributed by atoms with E-state index in [4.69, 9.17) is 0 Å². The Bertz CT molecular complexity index is 485. The Balaban J connectivity index is 0.00000288. The second kappa shape index (κ2) is 11.6. The first kappa shape index (κ1) is 21.2. The third-order valence-electron chi connectivity index (χ3n) is 4.17. The maximum Gasteiger partial charge on any atom is 0.191 e. The predicted octanol–water partition coefficient (Wildman–Crippen LogP) is 0.940. The summed E-state index contributed by atoms with van der Waals surface area (Å²) in [7, 11) is 1.93. The van der Waals surface area contributed by atoms with E-state index in [1.165, 1.54) is 0 Å². The van der Waals surface area contributed by atoms with E-state index in [0.717, 1.165) is 63.6 Å². The molecule has 2 rings (SSSR count). The number of aliphatic hydroxyl groups is 1. The van der Waals surface area contributed by atoms with Crippen molar-refractivity contribution in [2.75, 3.05) is 32.7 Å². The molecule has 1 fully saturated rings. The van der Waals surface area contributed by atoms with E-state index >= 15 is 0 Å². The first-order chi connectivity index (χ1) is 11.2. The first-order valence-electron chi connectivity index (χ1n) is 8.58. The molecular weight excluding hydrogens is 419 g/mol. The molecule has 24 heavy (non-hydrogen) atoms. The molecule has 0 atom stereocenters. The van der Waals surface area contributed by atoms with Gasteiger partial charge in [0.2, 0.25) is 0 Å². The van der Waals surface area contributed by atoms with Crippen molar-refractivity contribution in [3.63, 3.8) is 0 Å². The van der Waals surface area contributed by atoms with E-state index in [0.29, 0.717) is 6.54 Å². The molecule has 1 aliphatic heterocycles. The van der Waals surface area contributed by atoms with Crippen LogP contribution in [0.15, 0.2) is 17.3 Å². The Labute approximate surface area is 161 Å². The molecule has 3 N–H and O–H groups in total. The SMILES string of the molecule is CCNC(=NCc1ccnn1C)NCCCN1CCC(O)CC1.I. The third kappa shape index (κ3) is 7.35. The van der Waals surface area contributed by atoms with E-state index in [1.807, 2.05) is 17.8 Å². The van der Waals surface area contributed by atoms with Crippen LogP contribution in [0.25, 0.3) is 0 Å². The lowest BCUT2D eigenvalue weighted by molar-refractivity contribution is 0.0823. The number of aliphatic hydroxyl groups excluding tert-OH is 1. The molecule has 2 heterocycles. The fourth-order valence-corrected chi connectivity index (χ4v) is 2.71. The molecule has 0 radical (unpaired) electrons. The number of likely N-dealkylation sites (tertiary alicyclic amines) is 1. The Morgan fingerprint density at radius 1 is 1.38 bits per heavy atom. The zero-order valence-corrected chi connectivity index (χ0v) is 17.1. The van der Waals surface area contributed by atoms with Crippen molar-refractivity contribution in [2.24, 2.45) is 12.0 Å². The van der Waals surface area contributed by atoms with Crippen molar-refractivity contribution in [3.8, 4) is 0 Å². The third-order valence-corrected chi connectivity index (χ3v) is 4.17. The number of rotatable bonds is 7. The van der Waals surface area contributed by atoms with Gasteiger partial charge in [-0.1, -0.05) is 0 Å². The van der Waals surface area contributed by atoms with Crippen molar-refractivity contribution in [3.05, 3.63) is 18.0 Å². The van der Waals surface area contributed by atoms with Gasteiger partial charge in [0.25, 0.3) is 0 Å². The summed E-state index contributed by atoms with van der Waals surface area (Å²) in [4.78, 5) is 7.02. The number of halogens is 1. The summed E-state index contributed by atoms with van der Waals surface area (Å²) in [5, 5.41) is 20.3. The van der Waals surface area contributed by atoms with Gasteiger partial charge in [-0.2, -0.15) is 5.10 Å². The number of hydrogen-bond donors (Lipinski definition) is 3. The van der Waals surface area contributed by atoms with Gasteiger partial charge in [0.15, 0.2) is 5.96 Å². The van der Waals surface area contributed by atoms with E-state index in [-0.39, 0.29) is 30.1 Å². The number of hydrogen-bond acceptors (Lipinski definition) is 4. The molecule has 8 heteroatoms. The van der Waals surface area contributed by atoms with Crippen LogP contribution in [0.3, 0.4) is 0 Å². The molecule has 1 aliphatic rings. The largest absolute Gasteiger partial charge is 0.393 e. The average Bonchev–Trinajstić information content (AvgIpc) is 2.96. The van der Waals surface area contributed by atoms with Crippen LogP contribution in [0.5, 0.6) is 0 Å². The van der Waals surface area contributed by atoms with E-state index in [1.54, 1.807) is 6.20 Å². The fraction of sp³-hybridized carbons (Fsp3) is 0.750. The Morgan fingerprint density at radius 2 is 2.12 bits per heavy atom. The van der Waals surface area contributed by atoms with Gasteiger partial charge in [-0.05, 0) is 38.8 Å². The van der Waals surface area contributed by atoms with Gasteiger partial charge in [-0.25, -0.2) is 4.99 Å². The summed E-state index contributed by atoms with van der Waals surface area (Å²) in [5.41, 5.74) is 1.09. The predicted molar refractivity (Wildman–Crippen MR) is 108 cm³/mol. The van der Waals surface area contributed by atoms with Crippen LogP contribution >= 0.6 is 24.0 Å². The van der Waals surface area contributed by atoms with Crippen molar-refractivity contribution < 1.29 is 5.11 Å². The number of piperidine rings is 1.